The van der Waals surface area contributed by atoms with E-state index < -0.39 is 0 Å². The molecule has 2 aromatic heterocycles. The first-order valence-electron chi connectivity index (χ1n) is 5.81. The lowest BCUT2D eigenvalue weighted by atomic mass is 10.2. The van der Waals surface area contributed by atoms with Gasteiger partial charge in [-0.15, -0.1) is 0 Å². The molecule has 0 saturated heterocycles. The second-order valence-electron chi connectivity index (χ2n) is 4.25. The summed E-state index contributed by atoms with van der Waals surface area (Å²) in [5.41, 5.74) is 0.282. The minimum Gasteiger partial charge on any atom is -0.365 e. The van der Waals surface area contributed by atoms with Crippen LogP contribution in [0.25, 0.3) is 0 Å². The van der Waals surface area contributed by atoms with Gasteiger partial charge in [0.2, 0.25) is 0 Å². The van der Waals surface area contributed by atoms with Gasteiger partial charge in [0.1, 0.15) is 16.8 Å². The summed E-state index contributed by atoms with van der Waals surface area (Å²) < 4.78 is 1.94. The largest absolute Gasteiger partial charge is 0.365 e. The molecule has 0 saturated carbocycles. The molecule has 0 radical (unpaired) electrons. The van der Waals surface area contributed by atoms with E-state index in [0.717, 1.165) is 0 Å². The Balaban J connectivity index is 2.16. The zero-order valence-corrected chi connectivity index (χ0v) is 11.4. The van der Waals surface area contributed by atoms with Crippen LogP contribution in [0, 0.1) is 6.92 Å². The summed E-state index contributed by atoms with van der Waals surface area (Å²) in [5.74, 6) is 0.980. The van der Waals surface area contributed by atoms with Crippen molar-refractivity contribution in [1.29, 1.82) is 0 Å². The van der Waals surface area contributed by atoms with Crippen LogP contribution in [0.5, 0.6) is 0 Å². The number of carbonyl (C=O) groups is 1. The van der Waals surface area contributed by atoms with Crippen LogP contribution in [0.3, 0.4) is 0 Å². The number of rotatable bonds is 5. The summed E-state index contributed by atoms with van der Waals surface area (Å²) in [4.78, 5) is 23.2. The van der Waals surface area contributed by atoms with Crippen LogP contribution in [0.1, 0.15) is 23.1 Å². The summed E-state index contributed by atoms with van der Waals surface area (Å²) in [6.45, 7) is 4.42. The molecule has 0 aromatic carbocycles. The molecule has 0 aliphatic rings. The summed E-state index contributed by atoms with van der Waals surface area (Å²) in [6.07, 6.45) is 5.98. The number of carbonyl (C=O) groups excluding carboxylic acids is 1. The lowest BCUT2D eigenvalue weighted by Gasteiger charge is -2.16. The van der Waals surface area contributed by atoms with Crippen molar-refractivity contribution in [1.82, 2.24) is 19.5 Å². The summed E-state index contributed by atoms with van der Waals surface area (Å²) in [7, 11) is 0. The van der Waals surface area contributed by atoms with Gasteiger partial charge in [-0.25, -0.2) is 15.0 Å². The minimum absolute atomic E-state index is 0.0678. The highest BCUT2D eigenvalue weighted by molar-refractivity contribution is 6.32. The molecule has 0 aliphatic heterocycles. The lowest BCUT2D eigenvalue weighted by molar-refractivity contribution is 0.112. The van der Waals surface area contributed by atoms with Gasteiger partial charge in [0, 0.05) is 25.0 Å². The number of aryl methyl sites for hydroxylation is 1. The number of nitrogens with zero attached hydrogens (tertiary/aromatic N) is 4. The van der Waals surface area contributed by atoms with E-state index in [1.165, 1.54) is 0 Å². The van der Waals surface area contributed by atoms with Crippen LogP contribution in [-0.4, -0.2) is 31.8 Å². The van der Waals surface area contributed by atoms with Gasteiger partial charge in [-0.05, 0) is 13.8 Å². The Morgan fingerprint density at radius 2 is 2.32 bits per heavy atom. The first-order chi connectivity index (χ1) is 9.10. The van der Waals surface area contributed by atoms with Crippen molar-refractivity contribution in [2.45, 2.75) is 26.4 Å². The second kappa shape index (κ2) is 5.79. The molecular formula is C12H14ClN5O. The van der Waals surface area contributed by atoms with E-state index >= 15 is 0 Å². The molecule has 0 aliphatic carbocycles. The van der Waals surface area contributed by atoms with Crippen LogP contribution in [-0.2, 0) is 6.54 Å². The van der Waals surface area contributed by atoms with Crippen molar-refractivity contribution >= 4 is 23.7 Å². The van der Waals surface area contributed by atoms with Gasteiger partial charge >= 0.3 is 0 Å². The first-order valence-corrected chi connectivity index (χ1v) is 6.19. The number of nitrogens with one attached hydrogen (secondary N) is 1. The fourth-order valence-electron chi connectivity index (χ4n) is 1.75. The average molecular weight is 280 g/mol. The molecule has 100 valence electrons. The van der Waals surface area contributed by atoms with Gasteiger partial charge in [0.05, 0.1) is 11.9 Å². The Hall–Kier alpha value is -1.95. The molecule has 2 aromatic rings. The molecule has 0 fully saturated rings. The van der Waals surface area contributed by atoms with Crippen molar-refractivity contribution < 1.29 is 4.79 Å². The molecule has 6 nitrogen and oxygen atoms in total. The predicted octanol–water partition coefficient (Wildman–Crippen LogP) is 1.95. The number of halogens is 1. The Morgan fingerprint density at radius 1 is 1.53 bits per heavy atom. The van der Waals surface area contributed by atoms with Crippen molar-refractivity contribution in [3.05, 3.63) is 35.3 Å². The lowest BCUT2D eigenvalue weighted by Crippen LogP contribution is -2.23. The van der Waals surface area contributed by atoms with Crippen molar-refractivity contribution in [2.75, 3.05) is 5.32 Å². The highest BCUT2D eigenvalue weighted by atomic mass is 35.5. The Labute approximate surface area is 115 Å². The fraction of sp³-hybridized carbons (Fsp3) is 0.333. The van der Waals surface area contributed by atoms with Gasteiger partial charge in [0.25, 0.3) is 0 Å². The van der Waals surface area contributed by atoms with Gasteiger partial charge in [-0.3, -0.25) is 4.79 Å². The number of anilines is 1. The highest BCUT2D eigenvalue weighted by Gasteiger charge is 2.13. The average Bonchev–Trinajstić information content (AvgIpc) is 2.81. The monoisotopic (exact) mass is 279 g/mol. The Kier molecular flexibility index (Phi) is 4.11. The van der Waals surface area contributed by atoms with E-state index in [9.17, 15) is 4.79 Å². The number of hydrogen-bond acceptors (Lipinski definition) is 5. The standard InChI is InChI=1S/C12H14ClN5O/c1-8(5-18-4-3-14-7-18)15-12-10(6-19)11(13)16-9(2)17-12/h3-4,6-8H,5H2,1-2H3,(H,15,16,17). The molecule has 0 amide bonds. The highest BCUT2D eigenvalue weighted by Crippen LogP contribution is 2.19. The van der Waals surface area contributed by atoms with Gasteiger partial charge in [-0.2, -0.15) is 0 Å². The quantitative estimate of drug-likeness (QED) is 0.669. The molecule has 2 rings (SSSR count). The minimum atomic E-state index is 0.0678. The van der Waals surface area contributed by atoms with Crippen molar-refractivity contribution in [3.63, 3.8) is 0 Å². The number of aromatic nitrogens is 4. The number of aldehydes is 1. The maximum atomic E-state index is 11.0. The predicted molar refractivity (Wildman–Crippen MR) is 72.5 cm³/mol. The molecule has 0 spiro atoms. The molecule has 19 heavy (non-hydrogen) atoms. The number of imidazole rings is 1. The molecule has 1 atom stereocenters. The normalized spacial score (nSPS) is 12.2. The Bertz CT molecular complexity index is 570. The zero-order chi connectivity index (χ0) is 13.8. The van der Waals surface area contributed by atoms with E-state index in [1.807, 2.05) is 17.7 Å². The van der Waals surface area contributed by atoms with E-state index in [-0.39, 0.29) is 16.8 Å². The molecule has 0 bridgehead atoms. The van der Waals surface area contributed by atoms with E-state index in [4.69, 9.17) is 11.6 Å². The van der Waals surface area contributed by atoms with Gasteiger partial charge in [0.15, 0.2) is 6.29 Å². The van der Waals surface area contributed by atoms with Crippen molar-refractivity contribution in [3.8, 4) is 0 Å². The third-order valence-electron chi connectivity index (χ3n) is 2.56. The second-order valence-corrected chi connectivity index (χ2v) is 4.60. The van der Waals surface area contributed by atoms with Gasteiger partial charge < -0.3 is 9.88 Å². The van der Waals surface area contributed by atoms with Crippen LogP contribution in [0.15, 0.2) is 18.7 Å². The molecule has 2 heterocycles. The molecule has 7 heteroatoms. The summed E-state index contributed by atoms with van der Waals surface area (Å²) in [5, 5.41) is 3.33. The summed E-state index contributed by atoms with van der Waals surface area (Å²) >= 11 is 5.92. The maximum absolute atomic E-state index is 11.0. The third-order valence-corrected chi connectivity index (χ3v) is 2.84. The maximum Gasteiger partial charge on any atom is 0.156 e. The van der Waals surface area contributed by atoms with Crippen LogP contribution in [0.4, 0.5) is 5.82 Å². The number of hydrogen-bond donors (Lipinski definition) is 1. The van der Waals surface area contributed by atoms with Gasteiger partial charge in [-0.1, -0.05) is 11.6 Å². The smallest absolute Gasteiger partial charge is 0.156 e. The molecular weight excluding hydrogens is 266 g/mol. The summed E-state index contributed by atoms with van der Waals surface area (Å²) in [6, 6.07) is 0.0678. The zero-order valence-electron chi connectivity index (χ0n) is 10.7. The molecule has 1 N–H and O–H groups in total. The molecule has 1 unspecified atom stereocenters. The topological polar surface area (TPSA) is 72.7 Å². The third kappa shape index (κ3) is 3.29. The van der Waals surface area contributed by atoms with E-state index in [0.29, 0.717) is 24.5 Å². The van der Waals surface area contributed by atoms with Crippen LogP contribution >= 0.6 is 11.6 Å². The van der Waals surface area contributed by atoms with Crippen LogP contribution in [0.2, 0.25) is 5.15 Å². The van der Waals surface area contributed by atoms with Crippen molar-refractivity contribution in [2.24, 2.45) is 0 Å². The Morgan fingerprint density at radius 3 is 2.95 bits per heavy atom. The SMILES string of the molecule is Cc1nc(Cl)c(C=O)c(NC(C)Cn2ccnc2)n1. The van der Waals surface area contributed by atoms with Crippen LogP contribution < -0.4 is 5.32 Å². The first kappa shape index (κ1) is 13.5. The fourth-order valence-corrected chi connectivity index (χ4v) is 2.01. The van der Waals surface area contributed by atoms with E-state index in [2.05, 4.69) is 20.3 Å². The van der Waals surface area contributed by atoms with E-state index in [1.54, 1.807) is 19.4 Å².